The fraction of sp³-hybridized carbons (Fsp3) is 0.938. The molecule has 0 N–H and O–H groups in total. The third-order valence-electron chi connectivity index (χ3n) is 10.8. The first kappa shape index (κ1) is 52.4. The monoisotopic (exact) mass is 765 g/mol. The van der Waals surface area contributed by atoms with Gasteiger partial charge in [0, 0.05) is 19.3 Å². The van der Waals surface area contributed by atoms with Crippen LogP contribution in [-0.4, -0.2) is 37.2 Å². The summed E-state index contributed by atoms with van der Waals surface area (Å²) < 4.78 is 16.7. The van der Waals surface area contributed by atoms with Gasteiger partial charge in [-0.05, 0) is 25.2 Å². The van der Waals surface area contributed by atoms with Crippen LogP contribution in [0.5, 0.6) is 0 Å². The Morgan fingerprint density at radius 2 is 0.611 bits per heavy atom. The predicted octanol–water partition coefficient (Wildman–Crippen LogP) is 15.1. The third kappa shape index (κ3) is 41.6. The Morgan fingerprint density at radius 1 is 0.352 bits per heavy atom. The molecule has 0 aromatic rings. The van der Waals surface area contributed by atoms with Crippen LogP contribution < -0.4 is 0 Å². The molecule has 54 heavy (non-hydrogen) atoms. The van der Waals surface area contributed by atoms with E-state index < -0.39 is 6.10 Å². The highest BCUT2D eigenvalue weighted by molar-refractivity contribution is 5.71. The molecular formula is C48H92O6. The summed E-state index contributed by atoms with van der Waals surface area (Å²) in [5.74, 6) is -0.00844. The number of ether oxygens (including phenoxy) is 3. The SMILES string of the molecule is CCCCCCCCCCCCCC(=O)O[C@H](COC(=O)CCCCCCCCC)COC(=O)CCCCCCCCCCCCCCCCCC(C)C. The molecule has 320 valence electrons. The molecule has 0 fully saturated rings. The molecule has 0 heterocycles. The van der Waals surface area contributed by atoms with Crippen LogP contribution in [0.3, 0.4) is 0 Å². The summed E-state index contributed by atoms with van der Waals surface area (Å²) in [6.07, 6.45) is 42.4. The largest absolute Gasteiger partial charge is 0.462 e. The van der Waals surface area contributed by atoms with Crippen molar-refractivity contribution in [2.75, 3.05) is 13.2 Å². The lowest BCUT2D eigenvalue weighted by molar-refractivity contribution is -0.167. The number of carbonyl (C=O) groups excluding carboxylic acids is 3. The van der Waals surface area contributed by atoms with Crippen LogP contribution in [0.4, 0.5) is 0 Å². The molecule has 0 radical (unpaired) electrons. The van der Waals surface area contributed by atoms with Crippen molar-refractivity contribution in [1.29, 1.82) is 0 Å². The van der Waals surface area contributed by atoms with Crippen LogP contribution in [0, 0.1) is 5.92 Å². The van der Waals surface area contributed by atoms with Gasteiger partial charge >= 0.3 is 17.9 Å². The Labute approximate surface area is 336 Å². The van der Waals surface area contributed by atoms with Crippen LogP contribution >= 0.6 is 0 Å². The second kappa shape index (κ2) is 42.6. The zero-order valence-corrected chi connectivity index (χ0v) is 36.7. The third-order valence-corrected chi connectivity index (χ3v) is 10.8. The van der Waals surface area contributed by atoms with E-state index in [2.05, 4.69) is 27.7 Å². The van der Waals surface area contributed by atoms with Gasteiger partial charge in [0.25, 0.3) is 0 Å². The van der Waals surface area contributed by atoms with Crippen molar-refractivity contribution < 1.29 is 28.6 Å². The van der Waals surface area contributed by atoms with Gasteiger partial charge in [0.2, 0.25) is 0 Å². The Kier molecular flexibility index (Phi) is 41.3. The van der Waals surface area contributed by atoms with Gasteiger partial charge in [-0.2, -0.15) is 0 Å². The number of unbranched alkanes of at least 4 members (excludes halogenated alkanes) is 30. The van der Waals surface area contributed by atoms with Crippen molar-refractivity contribution in [3.05, 3.63) is 0 Å². The molecule has 0 amide bonds. The van der Waals surface area contributed by atoms with E-state index in [4.69, 9.17) is 14.2 Å². The van der Waals surface area contributed by atoms with Crippen molar-refractivity contribution >= 4 is 17.9 Å². The summed E-state index contributed by atoms with van der Waals surface area (Å²) in [5, 5.41) is 0. The van der Waals surface area contributed by atoms with Crippen LogP contribution in [0.2, 0.25) is 0 Å². The Morgan fingerprint density at radius 3 is 0.907 bits per heavy atom. The topological polar surface area (TPSA) is 78.9 Å². The minimum absolute atomic E-state index is 0.0637. The van der Waals surface area contributed by atoms with Crippen molar-refractivity contribution in [3.8, 4) is 0 Å². The summed E-state index contributed by atoms with van der Waals surface area (Å²) in [7, 11) is 0. The lowest BCUT2D eigenvalue weighted by Crippen LogP contribution is -2.30. The molecule has 0 rings (SSSR count). The Hall–Kier alpha value is -1.59. The second-order valence-electron chi connectivity index (χ2n) is 16.9. The van der Waals surface area contributed by atoms with Gasteiger partial charge in [0.1, 0.15) is 13.2 Å². The van der Waals surface area contributed by atoms with E-state index in [1.165, 1.54) is 161 Å². The van der Waals surface area contributed by atoms with Gasteiger partial charge in [-0.3, -0.25) is 14.4 Å². The normalized spacial score (nSPS) is 11.9. The maximum absolute atomic E-state index is 12.7. The number of carbonyl (C=O) groups is 3. The number of rotatable bonds is 43. The first-order valence-corrected chi connectivity index (χ1v) is 23.9. The molecule has 0 saturated heterocycles. The molecule has 1 atom stereocenters. The van der Waals surface area contributed by atoms with E-state index in [-0.39, 0.29) is 31.1 Å². The fourth-order valence-corrected chi connectivity index (χ4v) is 7.16. The molecule has 0 spiro atoms. The van der Waals surface area contributed by atoms with Crippen LogP contribution in [0.15, 0.2) is 0 Å². The summed E-state index contributed by atoms with van der Waals surface area (Å²) in [4.78, 5) is 37.6. The van der Waals surface area contributed by atoms with Crippen molar-refractivity contribution in [3.63, 3.8) is 0 Å². The first-order valence-electron chi connectivity index (χ1n) is 23.9. The fourth-order valence-electron chi connectivity index (χ4n) is 7.16. The first-order chi connectivity index (χ1) is 26.4. The summed E-state index contributed by atoms with van der Waals surface area (Å²) in [6, 6.07) is 0. The van der Waals surface area contributed by atoms with Crippen LogP contribution in [0.1, 0.15) is 265 Å². The second-order valence-corrected chi connectivity index (χ2v) is 16.9. The van der Waals surface area contributed by atoms with E-state index in [0.717, 1.165) is 63.7 Å². The average Bonchev–Trinajstić information content (AvgIpc) is 3.15. The molecule has 0 unspecified atom stereocenters. The maximum Gasteiger partial charge on any atom is 0.306 e. The lowest BCUT2D eigenvalue weighted by atomic mass is 10.0. The smallest absolute Gasteiger partial charge is 0.306 e. The van der Waals surface area contributed by atoms with E-state index in [1.807, 2.05) is 0 Å². The quantitative estimate of drug-likeness (QED) is 0.0349. The highest BCUT2D eigenvalue weighted by Gasteiger charge is 2.19. The van der Waals surface area contributed by atoms with Crippen molar-refractivity contribution in [2.24, 2.45) is 5.92 Å². The molecule has 6 nitrogen and oxygen atoms in total. The zero-order valence-electron chi connectivity index (χ0n) is 36.7. The lowest BCUT2D eigenvalue weighted by Gasteiger charge is -2.18. The van der Waals surface area contributed by atoms with Gasteiger partial charge in [0.05, 0.1) is 0 Å². The standard InChI is InChI=1S/C48H92O6/c1-5-7-9-11-13-14-20-25-29-33-37-41-48(51)54-45(42-52-46(49)39-35-31-26-12-10-8-6-2)43-53-47(50)40-36-32-28-24-22-19-17-15-16-18-21-23-27-30-34-38-44(3)4/h44-45H,5-43H2,1-4H3/t45-/m1/s1. The van der Waals surface area contributed by atoms with Gasteiger partial charge in [-0.25, -0.2) is 0 Å². The summed E-state index contributed by atoms with van der Waals surface area (Å²) >= 11 is 0. The van der Waals surface area contributed by atoms with E-state index in [9.17, 15) is 14.4 Å². The zero-order chi connectivity index (χ0) is 39.6. The van der Waals surface area contributed by atoms with Gasteiger partial charge < -0.3 is 14.2 Å². The average molecular weight is 765 g/mol. The predicted molar refractivity (Wildman–Crippen MR) is 229 cm³/mol. The molecule has 0 aromatic carbocycles. The maximum atomic E-state index is 12.7. The van der Waals surface area contributed by atoms with E-state index in [0.29, 0.717) is 19.3 Å². The summed E-state index contributed by atoms with van der Waals surface area (Å²) in [6.45, 7) is 8.98. The van der Waals surface area contributed by atoms with Crippen LogP contribution in [0.25, 0.3) is 0 Å². The Balaban J connectivity index is 4.18. The van der Waals surface area contributed by atoms with E-state index in [1.54, 1.807) is 0 Å². The minimum atomic E-state index is -0.758. The highest BCUT2D eigenvalue weighted by Crippen LogP contribution is 2.16. The Bertz CT molecular complexity index is 811. The number of hydrogen-bond donors (Lipinski definition) is 0. The molecule has 0 aliphatic rings. The van der Waals surface area contributed by atoms with E-state index >= 15 is 0 Å². The van der Waals surface area contributed by atoms with Crippen LogP contribution in [-0.2, 0) is 28.6 Å². The van der Waals surface area contributed by atoms with Gasteiger partial charge in [-0.1, -0.05) is 227 Å². The van der Waals surface area contributed by atoms with Gasteiger partial charge in [-0.15, -0.1) is 0 Å². The summed E-state index contributed by atoms with van der Waals surface area (Å²) in [5.41, 5.74) is 0. The minimum Gasteiger partial charge on any atom is -0.462 e. The number of hydrogen-bond acceptors (Lipinski definition) is 6. The highest BCUT2D eigenvalue weighted by atomic mass is 16.6. The molecule has 0 aromatic heterocycles. The van der Waals surface area contributed by atoms with Crippen molar-refractivity contribution in [1.82, 2.24) is 0 Å². The molecule has 0 aliphatic heterocycles. The molecule has 0 bridgehead atoms. The molecule has 6 heteroatoms. The van der Waals surface area contributed by atoms with Gasteiger partial charge in [0.15, 0.2) is 6.10 Å². The molecular weight excluding hydrogens is 673 g/mol. The number of esters is 3. The molecule has 0 aliphatic carbocycles. The molecule has 0 saturated carbocycles. The van der Waals surface area contributed by atoms with Crippen molar-refractivity contribution in [2.45, 2.75) is 271 Å².